The van der Waals surface area contributed by atoms with E-state index >= 15 is 0 Å². The Labute approximate surface area is 122 Å². The van der Waals surface area contributed by atoms with Crippen LogP contribution in [0.2, 0.25) is 0 Å². The lowest BCUT2D eigenvalue weighted by atomic mass is 9.89. The summed E-state index contributed by atoms with van der Waals surface area (Å²) in [5, 5.41) is 18.2. The molecule has 6 heteroatoms. The van der Waals surface area contributed by atoms with E-state index in [1.807, 2.05) is 4.52 Å². The summed E-state index contributed by atoms with van der Waals surface area (Å²) in [5.41, 5.74) is 0. The molecule has 0 amide bonds. The first-order valence-corrected chi connectivity index (χ1v) is 8.57. The van der Waals surface area contributed by atoms with Gasteiger partial charge in [0.2, 0.25) is 4.96 Å². The van der Waals surface area contributed by atoms with Gasteiger partial charge in [0.25, 0.3) is 0 Å². The fraction of sp³-hybridized carbons (Fsp3) is 0.786. The van der Waals surface area contributed by atoms with E-state index in [-0.39, 0.29) is 0 Å². The van der Waals surface area contributed by atoms with Crippen LogP contribution in [0.4, 0.5) is 0 Å². The monoisotopic (exact) mass is 291 g/mol. The molecule has 0 bridgehead atoms. The average Bonchev–Trinajstić information content (AvgIpc) is 2.97. The molecule has 1 unspecified atom stereocenters. The highest BCUT2D eigenvalue weighted by Gasteiger charge is 2.29. The third-order valence-corrected chi connectivity index (χ3v) is 6.01. The van der Waals surface area contributed by atoms with Gasteiger partial charge >= 0.3 is 0 Å². The fourth-order valence-electron chi connectivity index (χ4n) is 3.31. The Morgan fingerprint density at radius 2 is 2.00 bits per heavy atom. The molecule has 20 heavy (non-hydrogen) atoms. The molecule has 2 aromatic heterocycles. The summed E-state index contributed by atoms with van der Waals surface area (Å²) >= 11 is 1.72. The Hall–Kier alpha value is -1.01. The van der Waals surface area contributed by atoms with Crippen LogP contribution in [-0.2, 0) is 0 Å². The van der Waals surface area contributed by atoms with Crippen LogP contribution in [0.1, 0.15) is 61.7 Å². The quantitative estimate of drug-likeness (QED) is 0.944. The highest BCUT2D eigenvalue weighted by molar-refractivity contribution is 7.16. The smallest absolute Gasteiger partial charge is 0.234 e. The molecule has 1 aliphatic heterocycles. The molecule has 108 valence electrons. The number of hydrogen-bond donors (Lipinski definition) is 1. The summed E-state index contributed by atoms with van der Waals surface area (Å²) < 4.78 is 2.03. The van der Waals surface area contributed by atoms with Gasteiger partial charge in [-0.15, -0.1) is 10.2 Å². The predicted octanol–water partition coefficient (Wildman–Crippen LogP) is 2.56. The molecular formula is C14H21N5S. The molecule has 0 aromatic carbocycles. The number of rotatable bonds is 3. The minimum atomic E-state index is 0.530. The van der Waals surface area contributed by atoms with Gasteiger partial charge in [-0.3, -0.25) is 0 Å². The number of nitrogens with one attached hydrogen (secondary N) is 1. The van der Waals surface area contributed by atoms with Gasteiger partial charge in [0.15, 0.2) is 5.82 Å². The van der Waals surface area contributed by atoms with Crippen molar-refractivity contribution in [2.24, 2.45) is 5.92 Å². The van der Waals surface area contributed by atoms with E-state index in [0.717, 1.165) is 29.8 Å². The first kappa shape index (κ1) is 12.7. The third kappa shape index (κ3) is 2.05. The number of nitrogens with zero attached hydrogens (tertiary/aromatic N) is 4. The second-order valence-electron chi connectivity index (χ2n) is 6.23. The summed E-state index contributed by atoms with van der Waals surface area (Å²) in [4.78, 5) is 0.972. The lowest BCUT2D eigenvalue weighted by Gasteiger charge is -2.31. The topological polar surface area (TPSA) is 55.1 Å². The maximum absolute atomic E-state index is 4.83. The molecule has 2 aliphatic rings. The van der Waals surface area contributed by atoms with Crippen LogP contribution in [-0.4, -0.2) is 32.9 Å². The van der Waals surface area contributed by atoms with E-state index in [1.165, 1.54) is 37.1 Å². The third-order valence-electron chi connectivity index (χ3n) is 4.91. The van der Waals surface area contributed by atoms with Crippen molar-refractivity contribution < 1.29 is 0 Å². The average molecular weight is 291 g/mol. The van der Waals surface area contributed by atoms with Crippen molar-refractivity contribution in [1.29, 1.82) is 0 Å². The molecule has 1 saturated heterocycles. The lowest BCUT2D eigenvalue weighted by Crippen LogP contribution is -2.44. The van der Waals surface area contributed by atoms with Gasteiger partial charge in [-0.05, 0) is 31.8 Å². The Balaban J connectivity index is 1.63. The number of fused-ring (bicyclic) bond motifs is 1. The highest BCUT2D eigenvalue weighted by Crippen LogP contribution is 2.34. The van der Waals surface area contributed by atoms with E-state index < -0.39 is 0 Å². The number of aromatic nitrogens is 4. The summed E-state index contributed by atoms with van der Waals surface area (Å²) in [5.74, 6) is 2.93. The van der Waals surface area contributed by atoms with Gasteiger partial charge in [0, 0.05) is 11.8 Å². The van der Waals surface area contributed by atoms with Gasteiger partial charge in [-0.2, -0.15) is 9.61 Å². The minimum Gasteiger partial charge on any atom is -0.316 e. The summed E-state index contributed by atoms with van der Waals surface area (Å²) in [6, 6.07) is 0. The van der Waals surface area contributed by atoms with Crippen molar-refractivity contribution in [1.82, 2.24) is 25.1 Å². The molecule has 0 radical (unpaired) electrons. The Kier molecular flexibility index (Phi) is 3.22. The SMILES string of the molecule is CC(c1nn2c(C3CCCCC3)nnc2s1)C1CNC1. The molecule has 1 atom stereocenters. The largest absolute Gasteiger partial charge is 0.316 e. The van der Waals surface area contributed by atoms with Crippen LogP contribution in [0.25, 0.3) is 4.96 Å². The number of hydrogen-bond acceptors (Lipinski definition) is 5. The standard InChI is InChI=1S/C14H21N5S/c1-9(11-7-15-8-11)13-18-19-12(16-17-14(19)20-13)10-5-3-2-4-6-10/h9-11,15H,2-8H2,1H3. The van der Waals surface area contributed by atoms with Crippen molar-refractivity contribution in [3.05, 3.63) is 10.8 Å². The van der Waals surface area contributed by atoms with Crippen LogP contribution in [0, 0.1) is 5.92 Å². The maximum atomic E-state index is 4.83. The van der Waals surface area contributed by atoms with Crippen LogP contribution >= 0.6 is 11.3 Å². The van der Waals surface area contributed by atoms with Gasteiger partial charge in [0.05, 0.1) is 0 Å². The Bertz CT molecular complexity index is 594. The lowest BCUT2D eigenvalue weighted by molar-refractivity contribution is 0.301. The second kappa shape index (κ2) is 5.07. The summed E-state index contributed by atoms with van der Waals surface area (Å²) in [7, 11) is 0. The van der Waals surface area contributed by atoms with Crippen LogP contribution < -0.4 is 5.32 Å². The molecule has 2 aromatic rings. The second-order valence-corrected chi connectivity index (χ2v) is 7.22. The van der Waals surface area contributed by atoms with Crippen molar-refractivity contribution in [3.8, 4) is 0 Å². The highest BCUT2D eigenvalue weighted by atomic mass is 32.1. The molecule has 4 rings (SSSR count). The van der Waals surface area contributed by atoms with E-state index in [2.05, 4.69) is 22.4 Å². The van der Waals surface area contributed by atoms with Crippen LogP contribution in [0.15, 0.2) is 0 Å². The molecule has 5 nitrogen and oxygen atoms in total. The van der Waals surface area contributed by atoms with E-state index in [4.69, 9.17) is 5.10 Å². The molecule has 1 N–H and O–H groups in total. The zero-order valence-electron chi connectivity index (χ0n) is 11.9. The van der Waals surface area contributed by atoms with Gasteiger partial charge in [-0.1, -0.05) is 37.5 Å². The van der Waals surface area contributed by atoms with Crippen molar-refractivity contribution in [3.63, 3.8) is 0 Å². The van der Waals surface area contributed by atoms with Crippen molar-refractivity contribution in [2.45, 2.75) is 50.9 Å². The van der Waals surface area contributed by atoms with Gasteiger partial charge in [-0.25, -0.2) is 0 Å². The molecule has 1 saturated carbocycles. The zero-order valence-corrected chi connectivity index (χ0v) is 12.7. The van der Waals surface area contributed by atoms with Crippen LogP contribution in [0.5, 0.6) is 0 Å². The Morgan fingerprint density at radius 1 is 1.20 bits per heavy atom. The summed E-state index contributed by atoms with van der Waals surface area (Å²) in [6.07, 6.45) is 6.50. The zero-order chi connectivity index (χ0) is 13.5. The van der Waals surface area contributed by atoms with E-state index in [9.17, 15) is 0 Å². The van der Waals surface area contributed by atoms with Gasteiger partial charge in [0.1, 0.15) is 5.01 Å². The maximum Gasteiger partial charge on any atom is 0.234 e. The summed E-state index contributed by atoms with van der Waals surface area (Å²) in [6.45, 7) is 4.53. The molecule has 2 fully saturated rings. The molecule has 1 aliphatic carbocycles. The first-order chi connectivity index (χ1) is 9.83. The fourth-order valence-corrected chi connectivity index (χ4v) is 4.30. The predicted molar refractivity (Wildman–Crippen MR) is 79.3 cm³/mol. The van der Waals surface area contributed by atoms with Gasteiger partial charge < -0.3 is 5.32 Å². The van der Waals surface area contributed by atoms with Crippen LogP contribution in [0.3, 0.4) is 0 Å². The molecular weight excluding hydrogens is 270 g/mol. The van der Waals surface area contributed by atoms with Crippen molar-refractivity contribution in [2.75, 3.05) is 13.1 Å². The first-order valence-electron chi connectivity index (χ1n) is 7.75. The van der Waals surface area contributed by atoms with Crippen molar-refractivity contribution >= 4 is 16.3 Å². The van der Waals surface area contributed by atoms with E-state index in [0.29, 0.717) is 11.8 Å². The normalized spacial score (nSPS) is 23.1. The Morgan fingerprint density at radius 3 is 2.70 bits per heavy atom. The minimum absolute atomic E-state index is 0.530. The molecule has 3 heterocycles. The van der Waals surface area contributed by atoms with E-state index in [1.54, 1.807) is 11.3 Å². The molecule has 0 spiro atoms.